The van der Waals surface area contributed by atoms with Crippen LogP contribution in [0.25, 0.3) is 0 Å². The normalized spacial score (nSPS) is 21.8. The fraction of sp³-hybridized carbons (Fsp3) is 0.647. The summed E-state index contributed by atoms with van der Waals surface area (Å²) in [5.41, 5.74) is 0. The average molecular weight is 334 g/mol. The van der Waals surface area contributed by atoms with Crippen LogP contribution in [0, 0.1) is 0 Å². The molecule has 132 valence electrons. The fourth-order valence-electron chi connectivity index (χ4n) is 3.09. The molecule has 2 fully saturated rings. The van der Waals surface area contributed by atoms with Gasteiger partial charge in [0.05, 0.1) is 26.3 Å². The van der Waals surface area contributed by atoms with E-state index in [1.807, 2.05) is 36.0 Å². The van der Waals surface area contributed by atoms with E-state index in [1.54, 1.807) is 6.20 Å². The molecule has 0 aromatic carbocycles. The number of rotatable bonds is 5. The molecule has 1 aromatic heterocycles. The highest BCUT2D eigenvalue weighted by atomic mass is 16.5. The van der Waals surface area contributed by atoms with Crippen molar-refractivity contribution in [2.24, 2.45) is 0 Å². The Balaban J connectivity index is 1.53. The number of morpholine rings is 1. The molecule has 0 radical (unpaired) electrons. The molecule has 0 aliphatic carbocycles. The highest BCUT2D eigenvalue weighted by Crippen LogP contribution is 2.26. The van der Waals surface area contributed by atoms with Crippen LogP contribution in [-0.4, -0.2) is 86.8 Å². The van der Waals surface area contributed by atoms with Crippen molar-refractivity contribution in [2.45, 2.75) is 12.5 Å². The van der Waals surface area contributed by atoms with Gasteiger partial charge in [-0.2, -0.15) is 0 Å². The third-order valence-corrected chi connectivity index (χ3v) is 4.43. The zero-order chi connectivity index (χ0) is 16.9. The van der Waals surface area contributed by atoms with E-state index in [0.29, 0.717) is 26.3 Å². The molecule has 0 unspecified atom stereocenters. The van der Waals surface area contributed by atoms with Crippen molar-refractivity contribution >= 4 is 11.7 Å². The second kappa shape index (κ2) is 7.81. The van der Waals surface area contributed by atoms with E-state index in [1.165, 1.54) is 0 Å². The van der Waals surface area contributed by atoms with Gasteiger partial charge in [0, 0.05) is 46.3 Å². The smallest absolute Gasteiger partial charge is 0.236 e. The molecule has 2 aliphatic rings. The second-order valence-electron chi connectivity index (χ2n) is 6.48. The molecule has 2 aliphatic heterocycles. The third kappa shape index (κ3) is 4.15. The van der Waals surface area contributed by atoms with Gasteiger partial charge in [0.1, 0.15) is 6.10 Å². The van der Waals surface area contributed by atoms with E-state index in [-0.39, 0.29) is 12.0 Å². The van der Waals surface area contributed by atoms with E-state index in [4.69, 9.17) is 9.47 Å². The van der Waals surface area contributed by atoms with Crippen LogP contribution in [-0.2, 0) is 9.53 Å². The lowest BCUT2D eigenvalue weighted by Gasteiger charge is -2.28. The van der Waals surface area contributed by atoms with Gasteiger partial charge in [-0.15, -0.1) is 0 Å². The van der Waals surface area contributed by atoms with Crippen molar-refractivity contribution in [2.75, 3.05) is 64.9 Å². The number of pyridine rings is 1. The Morgan fingerprint density at radius 1 is 1.38 bits per heavy atom. The maximum absolute atomic E-state index is 12.5. The molecule has 7 nitrogen and oxygen atoms in total. The van der Waals surface area contributed by atoms with Gasteiger partial charge in [-0.05, 0) is 12.1 Å². The molecule has 1 atom stereocenters. The molecule has 1 amide bonds. The van der Waals surface area contributed by atoms with Gasteiger partial charge < -0.3 is 19.3 Å². The number of likely N-dealkylation sites (tertiary alicyclic amines) is 1. The highest BCUT2D eigenvalue weighted by molar-refractivity contribution is 5.78. The number of carbonyl (C=O) groups excluding carboxylic acids is 1. The summed E-state index contributed by atoms with van der Waals surface area (Å²) in [5.74, 6) is 1.77. The molecule has 3 rings (SSSR count). The first-order chi connectivity index (χ1) is 11.6. The van der Waals surface area contributed by atoms with Crippen LogP contribution in [0.1, 0.15) is 6.42 Å². The third-order valence-electron chi connectivity index (χ3n) is 4.43. The van der Waals surface area contributed by atoms with E-state index >= 15 is 0 Å². The summed E-state index contributed by atoms with van der Waals surface area (Å²) in [6.07, 6.45) is 2.65. The monoisotopic (exact) mass is 334 g/mol. The van der Waals surface area contributed by atoms with Crippen LogP contribution < -0.4 is 9.64 Å². The summed E-state index contributed by atoms with van der Waals surface area (Å²) in [6, 6.07) is 3.80. The molecular formula is C17H26N4O3. The summed E-state index contributed by atoms with van der Waals surface area (Å²) >= 11 is 0. The highest BCUT2D eigenvalue weighted by Gasteiger charge is 2.29. The summed E-state index contributed by atoms with van der Waals surface area (Å²) in [5, 5.41) is 0. The zero-order valence-electron chi connectivity index (χ0n) is 14.5. The minimum atomic E-state index is 0.0292. The van der Waals surface area contributed by atoms with Gasteiger partial charge in [0.25, 0.3) is 0 Å². The molecule has 1 aromatic rings. The summed E-state index contributed by atoms with van der Waals surface area (Å²) in [4.78, 5) is 22.8. The quantitative estimate of drug-likeness (QED) is 0.780. The van der Waals surface area contributed by atoms with Crippen LogP contribution in [0.15, 0.2) is 18.3 Å². The Morgan fingerprint density at radius 2 is 2.17 bits per heavy atom. The minimum Gasteiger partial charge on any atom is -0.485 e. The van der Waals surface area contributed by atoms with Crippen LogP contribution in [0.3, 0.4) is 0 Å². The number of anilines is 1. The maximum Gasteiger partial charge on any atom is 0.236 e. The summed E-state index contributed by atoms with van der Waals surface area (Å²) < 4.78 is 11.4. The predicted molar refractivity (Wildman–Crippen MR) is 91.4 cm³/mol. The molecule has 0 N–H and O–H groups in total. The minimum absolute atomic E-state index is 0.0292. The number of carbonyl (C=O) groups is 1. The topological polar surface area (TPSA) is 58.1 Å². The Bertz CT molecular complexity index is 561. The van der Waals surface area contributed by atoms with Crippen molar-refractivity contribution in [3.8, 4) is 5.75 Å². The predicted octanol–water partition coefficient (Wildman–Crippen LogP) is 0.460. The average Bonchev–Trinajstić information content (AvgIpc) is 3.05. The molecule has 0 saturated carbocycles. The second-order valence-corrected chi connectivity index (χ2v) is 6.48. The first-order valence-corrected chi connectivity index (χ1v) is 8.50. The first-order valence-electron chi connectivity index (χ1n) is 8.50. The Labute approximate surface area is 143 Å². The van der Waals surface area contributed by atoms with Crippen molar-refractivity contribution < 1.29 is 14.3 Å². The zero-order valence-corrected chi connectivity index (χ0v) is 14.5. The fourth-order valence-corrected chi connectivity index (χ4v) is 3.09. The van der Waals surface area contributed by atoms with E-state index in [9.17, 15) is 4.79 Å². The molecule has 7 heteroatoms. The largest absolute Gasteiger partial charge is 0.485 e. The van der Waals surface area contributed by atoms with Gasteiger partial charge in [-0.3, -0.25) is 9.69 Å². The summed E-state index contributed by atoms with van der Waals surface area (Å²) in [6.45, 7) is 4.98. The molecule has 2 saturated heterocycles. The summed E-state index contributed by atoms with van der Waals surface area (Å²) in [7, 11) is 3.89. The Kier molecular flexibility index (Phi) is 5.52. The number of hydrogen-bond donors (Lipinski definition) is 0. The lowest BCUT2D eigenvalue weighted by Crippen LogP contribution is -2.44. The Hall–Kier alpha value is -1.86. The number of nitrogens with zero attached hydrogens (tertiary/aromatic N) is 4. The van der Waals surface area contributed by atoms with Gasteiger partial charge >= 0.3 is 0 Å². The number of amides is 1. The lowest BCUT2D eigenvalue weighted by atomic mass is 10.3. The van der Waals surface area contributed by atoms with Crippen molar-refractivity contribution in [3.63, 3.8) is 0 Å². The SMILES string of the molecule is CN(C)c1ncccc1O[C@@H]1CCN(C(=O)CN2CCOCC2)C1. The van der Waals surface area contributed by atoms with Gasteiger partial charge in [-0.1, -0.05) is 0 Å². The van der Waals surface area contributed by atoms with Crippen LogP contribution >= 0.6 is 0 Å². The van der Waals surface area contributed by atoms with Crippen molar-refractivity contribution in [1.82, 2.24) is 14.8 Å². The molecule has 3 heterocycles. The van der Waals surface area contributed by atoms with Crippen LogP contribution in [0.5, 0.6) is 5.75 Å². The Morgan fingerprint density at radius 3 is 2.92 bits per heavy atom. The van der Waals surface area contributed by atoms with E-state index < -0.39 is 0 Å². The van der Waals surface area contributed by atoms with Crippen LogP contribution in [0.4, 0.5) is 5.82 Å². The van der Waals surface area contributed by atoms with E-state index in [2.05, 4.69) is 9.88 Å². The number of hydrogen-bond acceptors (Lipinski definition) is 6. The van der Waals surface area contributed by atoms with Gasteiger partial charge in [0.2, 0.25) is 5.91 Å². The van der Waals surface area contributed by atoms with Crippen LogP contribution in [0.2, 0.25) is 0 Å². The number of aromatic nitrogens is 1. The molecule has 0 spiro atoms. The van der Waals surface area contributed by atoms with Crippen molar-refractivity contribution in [1.29, 1.82) is 0 Å². The standard InChI is InChI=1S/C17H26N4O3/c1-19(2)17-15(4-3-6-18-17)24-14-5-7-21(12-14)16(22)13-20-8-10-23-11-9-20/h3-4,6,14H,5,7-13H2,1-2H3/t14-/m1/s1. The van der Waals surface area contributed by atoms with Gasteiger partial charge in [-0.25, -0.2) is 4.98 Å². The maximum atomic E-state index is 12.5. The molecular weight excluding hydrogens is 308 g/mol. The molecule has 24 heavy (non-hydrogen) atoms. The molecule has 0 bridgehead atoms. The first kappa shape index (κ1) is 17.0. The van der Waals surface area contributed by atoms with Crippen molar-refractivity contribution in [3.05, 3.63) is 18.3 Å². The van der Waals surface area contributed by atoms with E-state index in [0.717, 1.165) is 37.6 Å². The number of ether oxygens (including phenoxy) is 2. The lowest BCUT2D eigenvalue weighted by molar-refractivity contribution is -0.132. The van der Waals surface area contributed by atoms with Gasteiger partial charge in [0.15, 0.2) is 11.6 Å².